The number of hydrogen-bond acceptors (Lipinski definition) is 5. The van der Waals surface area contributed by atoms with Gasteiger partial charge in [-0.15, -0.1) is 10.2 Å². The molecule has 1 aromatic carbocycles. The zero-order valence-corrected chi connectivity index (χ0v) is 15.6. The minimum Gasteiger partial charge on any atom is -0.300 e. The summed E-state index contributed by atoms with van der Waals surface area (Å²) < 4.78 is 13.9. The number of benzene rings is 1. The molecule has 0 saturated heterocycles. The van der Waals surface area contributed by atoms with Crippen molar-refractivity contribution in [3.05, 3.63) is 35.6 Å². The molecule has 130 valence electrons. The van der Waals surface area contributed by atoms with Crippen LogP contribution in [-0.4, -0.2) is 16.1 Å². The van der Waals surface area contributed by atoms with Gasteiger partial charge in [-0.2, -0.15) is 0 Å². The van der Waals surface area contributed by atoms with Crippen LogP contribution in [0, 0.1) is 11.7 Å². The third kappa shape index (κ3) is 5.87. The summed E-state index contributed by atoms with van der Waals surface area (Å²) in [5, 5.41) is 11.5. The molecule has 0 bridgehead atoms. The third-order valence-electron chi connectivity index (χ3n) is 3.66. The summed E-state index contributed by atoms with van der Waals surface area (Å²) in [7, 11) is 0. The van der Waals surface area contributed by atoms with Gasteiger partial charge < -0.3 is 5.32 Å². The highest BCUT2D eigenvalue weighted by molar-refractivity contribution is 8.00. The first-order valence-electron chi connectivity index (χ1n) is 8.14. The van der Waals surface area contributed by atoms with E-state index in [4.69, 9.17) is 0 Å². The molecule has 7 heteroatoms. The maximum atomic E-state index is 13.2. The minimum atomic E-state index is -0.240. The van der Waals surface area contributed by atoms with E-state index in [9.17, 15) is 9.18 Å². The summed E-state index contributed by atoms with van der Waals surface area (Å²) in [5.41, 5.74) is 0.895. The Kier molecular flexibility index (Phi) is 7.65. The van der Waals surface area contributed by atoms with Crippen LogP contribution in [0.15, 0.2) is 28.6 Å². The number of halogens is 1. The second kappa shape index (κ2) is 9.74. The molecular formula is C17H22FN3OS2. The topological polar surface area (TPSA) is 54.9 Å². The van der Waals surface area contributed by atoms with E-state index in [1.54, 1.807) is 6.07 Å². The molecule has 1 atom stereocenters. The van der Waals surface area contributed by atoms with Gasteiger partial charge in [0, 0.05) is 11.7 Å². The molecule has 0 fully saturated rings. The van der Waals surface area contributed by atoms with Crippen molar-refractivity contribution >= 4 is 34.1 Å². The molecule has 2 rings (SSSR count). The average molecular weight is 368 g/mol. The maximum Gasteiger partial charge on any atom is 0.229 e. The van der Waals surface area contributed by atoms with Crippen molar-refractivity contribution in [1.29, 1.82) is 0 Å². The smallest absolute Gasteiger partial charge is 0.229 e. The van der Waals surface area contributed by atoms with Crippen molar-refractivity contribution in [3.8, 4) is 0 Å². The molecule has 1 N–H and O–H groups in total. The number of rotatable bonds is 9. The number of hydrogen-bond donors (Lipinski definition) is 1. The summed E-state index contributed by atoms with van der Waals surface area (Å²) >= 11 is 2.84. The van der Waals surface area contributed by atoms with Crippen LogP contribution < -0.4 is 5.32 Å². The van der Waals surface area contributed by atoms with Crippen LogP contribution >= 0.6 is 23.1 Å². The third-order valence-corrected chi connectivity index (χ3v) is 5.70. The van der Waals surface area contributed by atoms with Gasteiger partial charge in [0.15, 0.2) is 4.34 Å². The van der Waals surface area contributed by atoms with E-state index in [0.29, 0.717) is 10.9 Å². The van der Waals surface area contributed by atoms with Gasteiger partial charge in [0.1, 0.15) is 5.82 Å². The molecule has 1 aromatic heterocycles. The van der Waals surface area contributed by atoms with E-state index in [1.165, 1.54) is 35.2 Å². The predicted molar refractivity (Wildman–Crippen MR) is 97.8 cm³/mol. The zero-order valence-electron chi connectivity index (χ0n) is 13.9. The molecule has 0 unspecified atom stereocenters. The number of carbonyl (C=O) groups is 1. The molecule has 0 saturated carbocycles. The fourth-order valence-electron chi connectivity index (χ4n) is 2.27. The Labute approximate surface area is 150 Å². The number of aromatic nitrogens is 2. The number of nitrogens with zero attached hydrogens (tertiary/aromatic N) is 2. The van der Waals surface area contributed by atoms with Crippen molar-refractivity contribution in [3.63, 3.8) is 0 Å². The molecule has 4 nitrogen and oxygen atoms in total. The number of amides is 1. The fraction of sp³-hybridized carbons (Fsp3) is 0.471. The van der Waals surface area contributed by atoms with Crippen LogP contribution in [0.25, 0.3) is 0 Å². The molecule has 0 spiro atoms. The Hall–Kier alpha value is -1.47. The Morgan fingerprint density at radius 1 is 1.38 bits per heavy atom. The van der Waals surface area contributed by atoms with E-state index in [2.05, 4.69) is 22.4 Å². The number of unbranched alkanes of at least 4 members (excludes halogenated alkanes) is 1. The molecular weight excluding hydrogens is 345 g/mol. The average Bonchev–Trinajstić information content (AvgIpc) is 3.01. The fourth-order valence-corrected chi connectivity index (χ4v) is 3.97. The second-order valence-corrected chi connectivity index (χ2v) is 7.73. The molecule has 2 aromatic rings. The van der Waals surface area contributed by atoms with Gasteiger partial charge in [-0.1, -0.05) is 61.9 Å². The first-order valence-corrected chi connectivity index (χ1v) is 9.94. The Bertz CT molecular complexity index is 663. The van der Waals surface area contributed by atoms with E-state index < -0.39 is 0 Å². The van der Waals surface area contributed by atoms with Crippen molar-refractivity contribution in [2.75, 3.05) is 5.32 Å². The Balaban J connectivity index is 1.87. The number of carbonyl (C=O) groups excluding carboxylic acids is 1. The lowest BCUT2D eigenvalue weighted by Gasteiger charge is -2.12. The molecule has 0 radical (unpaired) electrons. The second-order valence-electron chi connectivity index (χ2n) is 5.53. The van der Waals surface area contributed by atoms with Crippen LogP contribution in [0.4, 0.5) is 9.52 Å². The highest BCUT2D eigenvalue weighted by atomic mass is 32.2. The van der Waals surface area contributed by atoms with Crippen molar-refractivity contribution in [2.24, 2.45) is 5.92 Å². The maximum absolute atomic E-state index is 13.2. The lowest BCUT2D eigenvalue weighted by atomic mass is 9.99. The Morgan fingerprint density at radius 3 is 2.92 bits per heavy atom. The molecule has 24 heavy (non-hydrogen) atoms. The highest BCUT2D eigenvalue weighted by Crippen LogP contribution is 2.29. The summed E-state index contributed by atoms with van der Waals surface area (Å²) in [6.45, 7) is 4.15. The largest absolute Gasteiger partial charge is 0.300 e. The van der Waals surface area contributed by atoms with E-state index in [0.717, 1.165) is 35.6 Å². The van der Waals surface area contributed by atoms with Gasteiger partial charge in [-0.25, -0.2) is 4.39 Å². The monoisotopic (exact) mass is 367 g/mol. The lowest BCUT2D eigenvalue weighted by molar-refractivity contribution is -0.120. The van der Waals surface area contributed by atoms with Crippen LogP contribution in [0.2, 0.25) is 0 Å². The number of nitrogens with one attached hydrogen (secondary N) is 1. The molecule has 0 aliphatic rings. The van der Waals surface area contributed by atoms with Gasteiger partial charge in [0.2, 0.25) is 11.0 Å². The normalized spacial score (nSPS) is 12.1. The molecule has 0 aliphatic heterocycles. The van der Waals surface area contributed by atoms with Crippen molar-refractivity contribution < 1.29 is 9.18 Å². The lowest BCUT2D eigenvalue weighted by Crippen LogP contribution is -2.22. The number of thioether (sulfide) groups is 1. The van der Waals surface area contributed by atoms with Gasteiger partial charge in [-0.3, -0.25) is 4.79 Å². The molecule has 0 aliphatic carbocycles. The van der Waals surface area contributed by atoms with Crippen molar-refractivity contribution in [1.82, 2.24) is 10.2 Å². The zero-order chi connectivity index (χ0) is 17.4. The van der Waals surface area contributed by atoms with Gasteiger partial charge in [-0.05, 0) is 30.5 Å². The summed E-state index contributed by atoms with van der Waals surface area (Å²) in [6.07, 6.45) is 3.87. The van der Waals surface area contributed by atoms with E-state index in [-0.39, 0.29) is 17.6 Å². The van der Waals surface area contributed by atoms with Crippen molar-refractivity contribution in [2.45, 2.75) is 49.6 Å². The van der Waals surface area contributed by atoms with Crippen LogP contribution in [0.1, 0.15) is 45.1 Å². The van der Waals surface area contributed by atoms with Crippen LogP contribution in [0.3, 0.4) is 0 Å². The summed E-state index contributed by atoms with van der Waals surface area (Å²) in [6, 6.07) is 6.50. The van der Waals surface area contributed by atoms with E-state index >= 15 is 0 Å². The van der Waals surface area contributed by atoms with E-state index in [1.807, 2.05) is 13.0 Å². The molecule has 1 amide bonds. The van der Waals surface area contributed by atoms with Gasteiger partial charge in [0.25, 0.3) is 0 Å². The van der Waals surface area contributed by atoms with Crippen LogP contribution in [-0.2, 0) is 10.5 Å². The first-order chi connectivity index (χ1) is 11.6. The first kappa shape index (κ1) is 18.9. The summed E-state index contributed by atoms with van der Waals surface area (Å²) in [4.78, 5) is 12.3. The SMILES string of the molecule is CCCC[C@H](CC)C(=O)Nc1nnc(SCc2cccc(F)c2)s1. The standard InChI is InChI=1S/C17H22FN3OS2/c1-3-5-8-13(4-2)15(22)19-16-20-21-17(24-16)23-11-12-7-6-9-14(18)10-12/h6-7,9-10,13H,3-5,8,11H2,1-2H3,(H,19,20,22)/t13-/m0/s1. The number of anilines is 1. The molecule has 1 heterocycles. The summed E-state index contributed by atoms with van der Waals surface area (Å²) in [5.74, 6) is 0.422. The quantitative estimate of drug-likeness (QED) is 0.493. The van der Waals surface area contributed by atoms with Gasteiger partial charge in [0.05, 0.1) is 0 Å². The highest BCUT2D eigenvalue weighted by Gasteiger charge is 2.17. The predicted octanol–water partition coefficient (Wildman–Crippen LogP) is 5.12. The van der Waals surface area contributed by atoms with Crippen LogP contribution in [0.5, 0.6) is 0 Å². The minimum absolute atomic E-state index is 0.0174. The van der Waals surface area contributed by atoms with Gasteiger partial charge >= 0.3 is 0 Å². The Morgan fingerprint density at radius 2 is 2.21 bits per heavy atom.